The molecule has 6 nitrogen and oxygen atoms in total. The van der Waals surface area contributed by atoms with Crippen LogP contribution in [0.3, 0.4) is 0 Å². The Morgan fingerprint density at radius 1 is 1.50 bits per heavy atom. The SMILES string of the molecule is COC(=O)C(C)S(=O)(=O)N(C)Cc1cccc(C#N)c1. The normalized spacial score (nSPS) is 12.8. The summed E-state index contributed by atoms with van der Waals surface area (Å²) in [6, 6.07) is 8.62. The first-order chi connectivity index (χ1) is 9.32. The van der Waals surface area contributed by atoms with E-state index in [1.807, 2.05) is 6.07 Å². The number of esters is 1. The number of hydrogen-bond acceptors (Lipinski definition) is 5. The zero-order valence-electron chi connectivity index (χ0n) is 11.5. The van der Waals surface area contributed by atoms with Crippen molar-refractivity contribution in [2.75, 3.05) is 14.2 Å². The van der Waals surface area contributed by atoms with E-state index in [4.69, 9.17) is 5.26 Å². The van der Waals surface area contributed by atoms with Crippen LogP contribution in [0.5, 0.6) is 0 Å². The van der Waals surface area contributed by atoms with Crippen molar-refractivity contribution >= 4 is 16.0 Å². The third kappa shape index (κ3) is 3.56. The number of nitrogens with zero attached hydrogens (tertiary/aromatic N) is 2. The fourth-order valence-electron chi connectivity index (χ4n) is 1.64. The number of sulfonamides is 1. The summed E-state index contributed by atoms with van der Waals surface area (Å²) < 4.78 is 29.8. The van der Waals surface area contributed by atoms with Gasteiger partial charge in [-0.05, 0) is 24.6 Å². The van der Waals surface area contributed by atoms with Crippen molar-refractivity contribution in [1.29, 1.82) is 5.26 Å². The second-order valence-corrected chi connectivity index (χ2v) is 6.64. The van der Waals surface area contributed by atoms with E-state index < -0.39 is 21.2 Å². The Labute approximate surface area is 118 Å². The lowest BCUT2D eigenvalue weighted by Gasteiger charge is -2.20. The zero-order valence-corrected chi connectivity index (χ0v) is 12.3. The van der Waals surface area contributed by atoms with E-state index in [1.54, 1.807) is 24.3 Å². The number of carbonyl (C=O) groups excluding carboxylic acids is 1. The van der Waals surface area contributed by atoms with Gasteiger partial charge in [0.05, 0.1) is 18.7 Å². The molecule has 1 aromatic rings. The summed E-state index contributed by atoms with van der Waals surface area (Å²) in [6.07, 6.45) is 0. The van der Waals surface area contributed by atoms with Gasteiger partial charge in [-0.3, -0.25) is 4.79 Å². The van der Waals surface area contributed by atoms with Crippen LogP contribution in [-0.4, -0.2) is 38.1 Å². The Hall–Kier alpha value is -1.91. The summed E-state index contributed by atoms with van der Waals surface area (Å²) in [5.74, 6) is -0.803. The topological polar surface area (TPSA) is 87.5 Å². The lowest BCUT2D eigenvalue weighted by molar-refractivity contribution is -0.139. The van der Waals surface area contributed by atoms with Crippen molar-refractivity contribution in [3.8, 4) is 6.07 Å². The lowest BCUT2D eigenvalue weighted by Crippen LogP contribution is -2.39. The predicted octanol–water partition coefficient (Wildman–Crippen LogP) is 0.881. The molecule has 0 amide bonds. The average molecular weight is 296 g/mol. The molecule has 0 saturated heterocycles. The third-order valence-corrected chi connectivity index (χ3v) is 4.96. The molecule has 0 aliphatic heterocycles. The van der Waals surface area contributed by atoms with Crippen molar-refractivity contribution in [3.63, 3.8) is 0 Å². The fraction of sp³-hybridized carbons (Fsp3) is 0.385. The number of benzene rings is 1. The van der Waals surface area contributed by atoms with Crippen LogP contribution in [0, 0.1) is 11.3 Å². The minimum absolute atomic E-state index is 0.0825. The van der Waals surface area contributed by atoms with Crippen molar-refractivity contribution in [3.05, 3.63) is 35.4 Å². The van der Waals surface area contributed by atoms with Gasteiger partial charge in [0.1, 0.15) is 0 Å². The van der Waals surface area contributed by atoms with Gasteiger partial charge in [0.2, 0.25) is 10.0 Å². The monoisotopic (exact) mass is 296 g/mol. The molecule has 20 heavy (non-hydrogen) atoms. The number of carbonyl (C=O) groups is 1. The van der Waals surface area contributed by atoms with Gasteiger partial charge < -0.3 is 4.74 Å². The van der Waals surface area contributed by atoms with Crippen LogP contribution in [0.25, 0.3) is 0 Å². The maximum atomic E-state index is 12.1. The number of nitriles is 1. The Morgan fingerprint density at radius 3 is 2.70 bits per heavy atom. The fourth-order valence-corrected chi connectivity index (χ4v) is 2.85. The van der Waals surface area contributed by atoms with Crippen LogP contribution in [0.4, 0.5) is 0 Å². The Balaban J connectivity index is 2.92. The van der Waals surface area contributed by atoms with Crippen molar-refractivity contribution < 1.29 is 17.9 Å². The molecule has 0 bridgehead atoms. The molecular weight excluding hydrogens is 280 g/mol. The minimum Gasteiger partial charge on any atom is -0.468 e. The molecule has 0 aromatic heterocycles. The van der Waals surface area contributed by atoms with Gasteiger partial charge >= 0.3 is 5.97 Å². The molecule has 0 radical (unpaired) electrons. The number of rotatable bonds is 5. The van der Waals surface area contributed by atoms with Gasteiger partial charge in [-0.15, -0.1) is 0 Å². The van der Waals surface area contributed by atoms with Gasteiger partial charge in [-0.25, -0.2) is 8.42 Å². The van der Waals surface area contributed by atoms with E-state index in [0.29, 0.717) is 11.1 Å². The number of hydrogen-bond donors (Lipinski definition) is 0. The average Bonchev–Trinajstić information content (AvgIpc) is 2.45. The van der Waals surface area contributed by atoms with E-state index >= 15 is 0 Å². The maximum Gasteiger partial charge on any atom is 0.325 e. The van der Waals surface area contributed by atoms with Crippen LogP contribution in [0.1, 0.15) is 18.1 Å². The van der Waals surface area contributed by atoms with Gasteiger partial charge in [0.15, 0.2) is 5.25 Å². The van der Waals surface area contributed by atoms with Crippen LogP contribution < -0.4 is 0 Å². The van der Waals surface area contributed by atoms with Gasteiger partial charge in [-0.2, -0.15) is 9.57 Å². The molecule has 7 heteroatoms. The first kappa shape index (κ1) is 16.1. The quantitative estimate of drug-likeness (QED) is 0.753. The van der Waals surface area contributed by atoms with Crippen molar-refractivity contribution in [1.82, 2.24) is 4.31 Å². The molecular formula is C13H16N2O4S. The summed E-state index contributed by atoms with van der Waals surface area (Å²) in [5.41, 5.74) is 1.13. The summed E-state index contributed by atoms with van der Waals surface area (Å²) in [4.78, 5) is 11.3. The van der Waals surface area contributed by atoms with Crippen LogP contribution in [0.2, 0.25) is 0 Å². The molecule has 0 aliphatic carbocycles. The van der Waals surface area contributed by atoms with Gasteiger partial charge in [-0.1, -0.05) is 12.1 Å². The molecule has 1 rings (SSSR count). The molecule has 0 N–H and O–H groups in total. The molecule has 1 atom stereocenters. The van der Waals surface area contributed by atoms with E-state index in [0.717, 1.165) is 11.4 Å². The number of ether oxygens (including phenoxy) is 1. The van der Waals surface area contributed by atoms with E-state index in [-0.39, 0.29) is 6.54 Å². The largest absolute Gasteiger partial charge is 0.468 e. The Kier molecular flexibility index (Phi) is 5.25. The van der Waals surface area contributed by atoms with E-state index in [1.165, 1.54) is 14.0 Å². The van der Waals surface area contributed by atoms with E-state index in [9.17, 15) is 13.2 Å². The van der Waals surface area contributed by atoms with Crippen molar-refractivity contribution in [2.45, 2.75) is 18.7 Å². The molecule has 108 valence electrons. The lowest BCUT2D eigenvalue weighted by atomic mass is 10.1. The summed E-state index contributed by atoms with van der Waals surface area (Å²) in [5, 5.41) is 7.54. The third-order valence-electron chi connectivity index (χ3n) is 2.88. The first-order valence-corrected chi connectivity index (χ1v) is 7.35. The van der Waals surface area contributed by atoms with Crippen LogP contribution >= 0.6 is 0 Å². The minimum atomic E-state index is -3.79. The van der Waals surface area contributed by atoms with Crippen LogP contribution in [0.15, 0.2) is 24.3 Å². The molecule has 0 saturated carbocycles. The summed E-state index contributed by atoms with van der Waals surface area (Å²) in [7, 11) is -1.27. The highest BCUT2D eigenvalue weighted by atomic mass is 32.2. The zero-order chi connectivity index (χ0) is 15.3. The first-order valence-electron chi connectivity index (χ1n) is 5.85. The maximum absolute atomic E-state index is 12.1. The second kappa shape index (κ2) is 6.50. The van der Waals surface area contributed by atoms with Gasteiger partial charge in [0, 0.05) is 13.6 Å². The van der Waals surface area contributed by atoms with Crippen molar-refractivity contribution in [2.24, 2.45) is 0 Å². The number of methoxy groups -OCH3 is 1. The molecule has 0 aliphatic rings. The highest BCUT2D eigenvalue weighted by Crippen LogP contribution is 2.13. The molecule has 0 spiro atoms. The molecule has 1 unspecified atom stereocenters. The predicted molar refractivity (Wildman–Crippen MR) is 73.0 cm³/mol. The van der Waals surface area contributed by atoms with Crippen LogP contribution in [-0.2, 0) is 26.1 Å². The molecule has 0 heterocycles. The summed E-state index contributed by atoms with van der Waals surface area (Å²) in [6.45, 7) is 1.36. The highest BCUT2D eigenvalue weighted by Gasteiger charge is 2.32. The van der Waals surface area contributed by atoms with E-state index in [2.05, 4.69) is 4.74 Å². The highest BCUT2D eigenvalue weighted by molar-refractivity contribution is 7.90. The Morgan fingerprint density at radius 2 is 2.15 bits per heavy atom. The summed E-state index contributed by atoms with van der Waals surface area (Å²) >= 11 is 0. The standard InChI is InChI=1S/C13H16N2O4S/c1-10(13(16)19-3)20(17,18)15(2)9-12-6-4-5-11(7-12)8-14/h4-7,10H,9H2,1-3H3. The Bertz CT molecular complexity index is 634. The molecule has 1 aromatic carbocycles. The second-order valence-electron chi connectivity index (χ2n) is 4.28. The van der Waals surface area contributed by atoms with Gasteiger partial charge in [0.25, 0.3) is 0 Å². The molecule has 0 fully saturated rings. The smallest absolute Gasteiger partial charge is 0.325 e.